The Balaban J connectivity index is 0.00000300. The van der Waals surface area contributed by atoms with Crippen LogP contribution in [0.3, 0.4) is 0 Å². The van der Waals surface area contributed by atoms with Gasteiger partial charge in [-0.3, -0.25) is 4.99 Å². The summed E-state index contributed by atoms with van der Waals surface area (Å²) >= 11 is 0. The molecule has 3 rings (SSSR count). The molecule has 166 valence electrons. The Bertz CT molecular complexity index is 602. The standard InChI is InChI=1S/C22H40N6.HI/c1-5-24-22(25-13-20-7-6-10-26(15-20)14-18(2)3)27-11-8-19(4)21(16-27)28-12-9-23-17-28;/h9,12,17-21H,5-8,10-11,13-16H2,1-4H3,(H,24,25);1H. The number of aromatic nitrogens is 2. The van der Waals surface area contributed by atoms with Crippen LogP contribution in [0.25, 0.3) is 0 Å². The maximum atomic E-state index is 5.10. The minimum absolute atomic E-state index is 0. The van der Waals surface area contributed by atoms with E-state index in [1.165, 1.54) is 38.9 Å². The molecule has 29 heavy (non-hydrogen) atoms. The highest BCUT2D eigenvalue weighted by atomic mass is 127. The lowest BCUT2D eigenvalue weighted by atomic mass is 9.93. The van der Waals surface area contributed by atoms with E-state index in [0.29, 0.717) is 17.9 Å². The van der Waals surface area contributed by atoms with Crippen molar-refractivity contribution in [1.82, 2.24) is 24.7 Å². The van der Waals surface area contributed by atoms with E-state index < -0.39 is 0 Å². The number of nitrogens with one attached hydrogen (secondary N) is 1. The van der Waals surface area contributed by atoms with Gasteiger partial charge in [0.15, 0.2) is 5.96 Å². The summed E-state index contributed by atoms with van der Waals surface area (Å²) in [5.74, 6) is 3.20. The summed E-state index contributed by atoms with van der Waals surface area (Å²) < 4.78 is 2.27. The normalized spacial score (nSPS) is 26.4. The molecule has 0 amide bonds. The van der Waals surface area contributed by atoms with Gasteiger partial charge in [-0.05, 0) is 50.5 Å². The van der Waals surface area contributed by atoms with Gasteiger partial charge in [0.05, 0.1) is 12.4 Å². The lowest BCUT2D eigenvalue weighted by Gasteiger charge is -2.39. The fourth-order valence-electron chi connectivity index (χ4n) is 4.72. The first-order valence-electron chi connectivity index (χ1n) is 11.3. The quantitative estimate of drug-likeness (QED) is 0.356. The molecule has 6 nitrogen and oxygen atoms in total. The first-order valence-corrected chi connectivity index (χ1v) is 11.3. The van der Waals surface area contributed by atoms with E-state index in [2.05, 4.69) is 58.6 Å². The number of guanidine groups is 1. The van der Waals surface area contributed by atoms with E-state index in [1.54, 1.807) is 0 Å². The summed E-state index contributed by atoms with van der Waals surface area (Å²) in [5.41, 5.74) is 0. The number of imidazole rings is 1. The molecule has 0 saturated carbocycles. The second-order valence-corrected chi connectivity index (χ2v) is 9.15. The van der Waals surface area contributed by atoms with Crippen molar-refractivity contribution in [3.8, 4) is 0 Å². The summed E-state index contributed by atoms with van der Waals surface area (Å²) in [4.78, 5) is 14.5. The second kappa shape index (κ2) is 12.1. The number of aliphatic imine (C=N–C) groups is 1. The van der Waals surface area contributed by atoms with Crippen molar-refractivity contribution in [2.24, 2.45) is 22.7 Å². The first-order chi connectivity index (χ1) is 13.6. The lowest BCUT2D eigenvalue weighted by molar-refractivity contribution is 0.161. The van der Waals surface area contributed by atoms with Crippen LogP contribution < -0.4 is 5.32 Å². The summed E-state index contributed by atoms with van der Waals surface area (Å²) in [6.07, 6.45) is 9.76. The van der Waals surface area contributed by atoms with Crippen LogP contribution in [0.4, 0.5) is 0 Å². The molecule has 0 spiro atoms. The topological polar surface area (TPSA) is 48.7 Å². The predicted octanol–water partition coefficient (Wildman–Crippen LogP) is 3.72. The molecule has 0 bridgehead atoms. The van der Waals surface area contributed by atoms with Crippen LogP contribution in [0.1, 0.15) is 53.0 Å². The van der Waals surface area contributed by atoms with E-state index in [-0.39, 0.29) is 24.0 Å². The monoisotopic (exact) mass is 516 g/mol. The number of hydrogen-bond donors (Lipinski definition) is 1. The number of hydrogen-bond acceptors (Lipinski definition) is 3. The minimum atomic E-state index is 0. The molecule has 2 aliphatic rings. The highest BCUT2D eigenvalue weighted by Gasteiger charge is 2.29. The molecule has 1 aromatic heterocycles. The molecule has 1 N–H and O–H groups in total. The Morgan fingerprint density at radius 2 is 2.07 bits per heavy atom. The van der Waals surface area contributed by atoms with Crippen LogP contribution in [0.5, 0.6) is 0 Å². The van der Waals surface area contributed by atoms with Gasteiger partial charge in [-0.2, -0.15) is 0 Å². The molecular weight excluding hydrogens is 475 g/mol. The second-order valence-electron chi connectivity index (χ2n) is 9.15. The summed E-state index contributed by atoms with van der Waals surface area (Å²) in [7, 11) is 0. The molecule has 2 aliphatic heterocycles. The third-order valence-electron chi connectivity index (χ3n) is 6.19. The average molecular weight is 517 g/mol. The van der Waals surface area contributed by atoms with E-state index in [9.17, 15) is 0 Å². The SMILES string of the molecule is CCNC(=NCC1CCCN(CC(C)C)C1)N1CCC(C)C(n2ccnc2)C1.I. The molecule has 3 atom stereocenters. The van der Waals surface area contributed by atoms with Crippen LogP contribution >= 0.6 is 24.0 Å². The van der Waals surface area contributed by atoms with Crippen LogP contribution in [-0.2, 0) is 0 Å². The van der Waals surface area contributed by atoms with Gasteiger partial charge in [0.1, 0.15) is 0 Å². The molecule has 2 saturated heterocycles. The van der Waals surface area contributed by atoms with E-state index >= 15 is 0 Å². The van der Waals surface area contributed by atoms with Crippen molar-refractivity contribution in [3.05, 3.63) is 18.7 Å². The average Bonchev–Trinajstić information content (AvgIpc) is 3.20. The van der Waals surface area contributed by atoms with Gasteiger partial charge in [-0.1, -0.05) is 20.8 Å². The molecule has 7 heteroatoms. The van der Waals surface area contributed by atoms with Crippen molar-refractivity contribution >= 4 is 29.9 Å². The smallest absolute Gasteiger partial charge is 0.193 e. The zero-order chi connectivity index (χ0) is 19.9. The van der Waals surface area contributed by atoms with Gasteiger partial charge in [0.2, 0.25) is 0 Å². The molecule has 0 aromatic carbocycles. The number of halogens is 1. The molecular formula is C22H41IN6. The molecule has 0 aliphatic carbocycles. The fourth-order valence-corrected chi connectivity index (χ4v) is 4.72. The van der Waals surface area contributed by atoms with Gasteiger partial charge in [0, 0.05) is 51.7 Å². The molecule has 2 fully saturated rings. The van der Waals surface area contributed by atoms with Crippen molar-refractivity contribution in [1.29, 1.82) is 0 Å². The Hall–Kier alpha value is -0.830. The fraction of sp³-hybridized carbons (Fsp3) is 0.818. The van der Waals surface area contributed by atoms with Gasteiger partial charge >= 0.3 is 0 Å². The van der Waals surface area contributed by atoms with Crippen LogP contribution in [-0.4, -0.2) is 71.1 Å². The Kier molecular flexibility index (Phi) is 10.2. The van der Waals surface area contributed by atoms with E-state index in [0.717, 1.165) is 38.1 Å². The third kappa shape index (κ3) is 7.12. The zero-order valence-electron chi connectivity index (χ0n) is 18.8. The summed E-state index contributed by atoms with van der Waals surface area (Å²) in [6.45, 7) is 16.8. The van der Waals surface area contributed by atoms with Crippen LogP contribution in [0.2, 0.25) is 0 Å². The molecule has 1 aromatic rings. The van der Waals surface area contributed by atoms with E-state index in [4.69, 9.17) is 4.99 Å². The predicted molar refractivity (Wildman–Crippen MR) is 132 cm³/mol. The zero-order valence-corrected chi connectivity index (χ0v) is 21.1. The van der Waals surface area contributed by atoms with Gasteiger partial charge in [-0.25, -0.2) is 4.98 Å². The minimum Gasteiger partial charge on any atom is -0.357 e. The number of piperidine rings is 2. The molecule has 3 unspecified atom stereocenters. The Morgan fingerprint density at radius 3 is 2.76 bits per heavy atom. The third-order valence-corrected chi connectivity index (χ3v) is 6.19. The molecule has 3 heterocycles. The van der Waals surface area contributed by atoms with Gasteiger partial charge in [-0.15, -0.1) is 24.0 Å². The maximum Gasteiger partial charge on any atom is 0.193 e. The van der Waals surface area contributed by atoms with Crippen LogP contribution in [0.15, 0.2) is 23.7 Å². The highest BCUT2D eigenvalue weighted by molar-refractivity contribution is 14.0. The maximum absolute atomic E-state index is 5.10. The lowest BCUT2D eigenvalue weighted by Crippen LogP contribution is -2.49. The molecule has 0 radical (unpaired) electrons. The number of rotatable bonds is 6. The van der Waals surface area contributed by atoms with Crippen molar-refractivity contribution in [3.63, 3.8) is 0 Å². The van der Waals surface area contributed by atoms with Gasteiger partial charge < -0.3 is 19.7 Å². The van der Waals surface area contributed by atoms with Crippen molar-refractivity contribution < 1.29 is 0 Å². The number of likely N-dealkylation sites (tertiary alicyclic amines) is 2. The first kappa shape index (κ1) is 24.4. The van der Waals surface area contributed by atoms with Crippen molar-refractivity contribution in [2.75, 3.05) is 45.8 Å². The Morgan fingerprint density at radius 1 is 1.24 bits per heavy atom. The van der Waals surface area contributed by atoms with Crippen LogP contribution in [0, 0.1) is 17.8 Å². The van der Waals surface area contributed by atoms with Gasteiger partial charge in [0.25, 0.3) is 0 Å². The highest BCUT2D eigenvalue weighted by Crippen LogP contribution is 2.27. The van der Waals surface area contributed by atoms with E-state index in [1.807, 2.05) is 12.5 Å². The largest absolute Gasteiger partial charge is 0.357 e. The summed E-state index contributed by atoms with van der Waals surface area (Å²) in [5, 5.41) is 3.55. The Labute approximate surface area is 194 Å². The number of nitrogens with zero attached hydrogens (tertiary/aromatic N) is 5. The van der Waals surface area contributed by atoms with Crippen molar-refractivity contribution in [2.45, 2.75) is 53.0 Å². The summed E-state index contributed by atoms with van der Waals surface area (Å²) in [6, 6.07) is 0.469.